The van der Waals surface area contributed by atoms with Crippen LogP contribution in [0.5, 0.6) is 0 Å². The lowest BCUT2D eigenvalue weighted by Gasteiger charge is -2.23. The summed E-state index contributed by atoms with van der Waals surface area (Å²) in [5, 5.41) is 19.5. The highest BCUT2D eigenvalue weighted by Crippen LogP contribution is 2.27. The van der Waals surface area contributed by atoms with Crippen molar-refractivity contribution in [3.8, 4) is 0 Å². The van der Waals surface area contributed by atoms with Crippen LogP contribution >= 0.6 is 0 Å². The van der Waals surface area contributed by atoms with Crippen molar-refractivity contribution in [3.05, 3.63) is 64.4 Å². The van der Waals surface area contributed by atoms with Crippen LogP contribution in [0.3, 0.4) is 0 Å². The van der Waals surface area contributed by atoms with E-state index in [0.29, 0.717) is 12.3 Å². The quantitative estimate of drug-likeness (QED) is 0.246. The van der Waals surface area contributed by atoms with Gasteiger partial charge in [0.1, 0.15) is 0 Å². The number of benzene rings is 1. The highest BCUT2D eigenvalue weighted by atomic mass is 16.7. The molecule has 1 aliphatic carbocycles. The van der Waals surface area contributed by atoms with Crippen molar-refractivity contribution in [2.45, 2.75) is 31.9 Å². The van der Waals surface area contributed by atoms with E-state index in [0.717, 1.165) is 18.5 Å². The third-order valence-electron chi connectivity index (χ3n) is 3.31. The Hall–Kier alpha value is -2.34. The second-order valence-electron chi connectivity index (χ2n) is 5.01. The van der Waals surface area contributed by atoms with Gasteiger partial charge in [0.15, 0.2) is 0 Å². The second kappa shape index (κ2) is 7.61. The monoisotopic (exact) mass is 301 g/mol. The summed E-state index contributed by atoms with van der Waals surface area (Å²) in [5.74, 6) is 0. The lowest BCUT2D eigenvalue weighted by atomic mass is 10.0. The van der Waals surface area contributed by atoms with Gasteiger partial charge in [-0.1, -0.05) is 31.5 Å². The van der Waals surface area contributed by atoms with Gasteiger partial charge in [0.05, 0.1) is 29.3 Å². The Morgan fingerprint density at radius 3 is 2.68 bits per heavy atom. The molecule has 0 radical (unpaired) electrons. The number of hydrogen-bond donors (Lipinski definition) is 0. The van der Waals surface area contributed by atoms with Crippen LogP contribution in [0.25, 0.3) is 0 Å². The fraction of sp³-hybridized carbons (Fsp3) is 0.375. The Bertz CT molecular complexity index is 596. The molecule has 0 N–H and O–H groups in total. The third kappa shape index (κ3) is 4.08. The van der Waals surface area contributed by atoms with Crippen molar-refractivity contribution in [1.29, 1.82) is 0 Å². The van der Waals surface area contributed by atoms with Crippen molar-refractivity contribution >= 4 is 5.69 Å². The van der Waals surface area contributed by atoms with E-state index in [2.05, 4.69) is 10.2 Å². The summed E-state index contributed by atoms with van der Waals surface area (Å²) in [6, 6.07) is 9.33. The van der Waals surface area contributed by atoms with Gasteiger partial charge in [0, 0.05) is 6.08 Å². The van der Waals surface area contributed by atoms with Gasteiger partial charge in [-0.3, -0.25) is 10.1 Å². The van der Waals surface area contributed by atoms with E-state index in [1.165, 1.54) is 6.08 Å². The van der Waals surface area contributed by atoms with Gasteiger partial charge in [-0.15, -0.1) is 0 Å². The molecule has 0 amide bonds. The van der Waals surface area contributed by atoms with Gasteiger partial charge in [0.2, 0.25) is 0 Å². The van der Waals surface area contributed by atoms with Crippen molar-refractivity contribution in [3.63, 3.8) is 0 Å². The van der Waals surface area contributed by atoms with E-state index in [1.807, 2.05) is 37.3 Å². The van der Waals surface area contributed by atoms with E-state index in [1.54, 1.807) is 12.2 Å². The summed E-state index contributed by atoms with van der Waals surface area (Å²) in [6.45, 7) is 2.39. The number of rotatable bonds is 7. The summed E-state index contributed by atoms with van der Waals surface area (Å²) >= 11 is 0. The van der Waals surface area contributed by atoms with Crippen LogP contribution in [0.15, 0.2) is 64.5 Å². The molecule has 0 aliphatic heterocycles. The first-order valence-electron chi connectivity index (χ1n) is 7.31. The molecule has 0 heterocycles. The number of ether oxygens (including phenoxy) is 1. The van der Waals surface area contributed by atoms with Crippen LogP contribution in [0, 0.1) is 10.1 Å². The van der Waals surface area contributed by atoms with Crippen LogP contribution in [0.2, 0.25) is 0 Å². The molecule has 6 heteroatoms. The fourth-order valence-electron chi connectivity index (χ4n) is 1.98. The molecule has 0 aromatic heterocycles. The minimum absolute atomic E-state index is 0.156. The van der Waals surface area contributed by atoms with Gasteiger partial charge < -0.3 is 4.74 Å². The standard InChI is InChI=1S/C16H19N3O3/c1-2-3-13-22-16(19(20)21)11-9-15(10-12-16)18-17-14-7-5-4-6-8-14/h4-11H,2-3,12-13H2,1H3. The van der Waals surface area contributed by atoms with Crippen molar-refractivity contribution in [1.82, 2.24) is 0 Å². The maximum absolute atomic E-state index is 11.3. The average molecular weight is 301 g/mol. The molecule has 2 rings (SSSR count). The molecule has 0 saturated carbocycles. The molecule has 1 aromatic rings. The maximum Gasteiger partial charge on any atom is 0.348 e. The highest BCUT2D eigenvalue weighted by Gasteiger charge is 2.42. The Morgan fingerprint density at radius 2 is 2.09 bits per heavy atom. The van der Waals surface area contributed by atoms with Crippen molar-refractivity contribution in [2.24, 2.45) is 10.2 Å². The molecule has 22 heavy (non-hydrogen) atoms. The minimum Gasteiger partial charge on any atom is -0.311 e. The number of nitrogens with zero attached hydrogens (tertiary/aromatic N) is 3. The summed E-state index contributed by atoms with van der Waals surface area (Å²) in [6.07, 6.45) is 6.62. The summed E-state index contributed by atoms with van der Waals surface area (Å²) in [7, 11) is 0. The lowest BCUT2D eigenvalue weighted by molar-refractivity contribution is -0.613. The van der Waals surface area contributed by atoms with Crippen LogP contribution in [0.4, 0.5) is 5.69 Å². The lowest BCUT2D eigenvalue weighted by Crippen LogP contribution is -2.40. The normalized spacial score (nSPS) is 21.0. The number of unbranched alkanes of at least 4 members (excludes halogenated alkanes) is 1. The van der Waals surface area contributed by atoms with Gasteiger partial charge in [0.25, 0.3) is 0 Å². The predicted octanol–water partition coefficient (Wildman–Crippen LogP) is 4.40. The first-order chi connectivity index (χ1) is 10.7. The van der Waals surface area contributed by atoms with E-state index in [4.69, 9.17) is 4.74 Å². The molecule has 0 spiro atoms. The number of allylic oxidation sites excluding steroid dienone is 1. The zero-order chi connectivity index (χ0) is 15.8. The van der Waals surface area contributed by atoms with E-state index in [9.17, 15) is 10.1 Å². The Morgan fingerprint density at radius 1 is 1.32 bits per heavy atom. The van der Waals surface area contributed by atoms with Crippen LogP contribution in [0.1, 0.15) is 26.2 Å². The molecule has 6 nitrogen and oxygen atoms in total. The molecular weight excluding hydrogens is 282 g/mol. The van der Waals surface area contributed by atoms with Crippen LogP contribution in [-0.4, -0.2) is 17.3 Å². The van der Waals surface area contributed by atoms with Gasteiger partial charge in [-0.25, -0.2) is 0 Å². The van der Waals surface area contributed by atoms with Gasteiger partial charge in [-0.05, 0) is 30.7 Å². The molecule has 1 atom stereocenters. The number of azo groups is 1. The Balaban J connectivity index is 2.02. The Kier molecular flexibility index (Phi) is 5.55. The number of nitro groups is 1. The minimum atomic E-state index is -1.47. The van der Waals surface area contributed by atoms with Crippen LogP contribution < -0.4 is 0 Å². The average Bonchev–Trinajstić information content (AvgIpc) is 2.55. The second-order valence-corrected chi connectivity index (χ2v) is 5.01. The SMILES string of the molecule is CCCCOC1([N+](=O)[O-])C=CC(N=Nc2ccccc2)=CC1. The van der Waals surface area contributed by atoms with Crippen molar-refractivity contribution in [2.75, 3.05) is 6.61 Å². The molecular formula is C16H19N3O3. The Labute approximate surface area is 129 Å². The number of hydrogen-bond acceptors (Lipinski definition) is 5. The third-order valence-corrected chi connectivity index (χ3v) is 3.31. The molecule has 116 valence electrons. The van der Waals surface area contributed by atoms with Crippen LogP contribution in [-0.2, 0) is 4.74 Å². The van der Waals surface area contributed by atoms with E-state index < -0.39 is 5.72 Å². The molecule has 1 aromatic carbocycles. The molecule has 1 aliphatic rings. The molecule has 0 saturated heterocycles. The van der Waals surface area contributed by atoms with Gasteiger partial charge in [-0.2, -0.15) is 10.2 Å². The summed E-state index contributed by atoms with van der Waals surface area (Å²) < 4.78 is 5.48. The topological polar surface area (TPSA) is 77.1 Å². The molecule has 0 bridgehead atoms. The molecule has 0 fully saturated rings. The zero-order valence-electron chi connectivity index (χ0n) is 12.5. The smallest absolute Gasteiger partial charge is 0.311 e. The largest absolute Gasteiger partial charge is 0.348 e. The first kappa shape index (κ1) is 16.0. The van der Waals surface area contributed by atoms with E-state index in [-0.39, 0.29) is 11.3 Å². The summed E-state index contributed by atoms with van der Waals surface area (Å²) in [5.41, 5.74) is -0.136. The van der Waals surface area contributed by atoms with Gasteiger partial charge >= 0.3 is 5.72 Å². The van der Waals surface area contributed by atoms with Crippen molar-refractivity contribution < 1.29 is 9.66 Å². The van der Waals surface area contributed by atoms with E-state index >= 15 is 0 Å². The fourth-order valence-corrected chi connectivity index (χ4v) is 1.98. The molecule has 1 unspecified atom stereocenters. The maximum atomic E-state index is 11.3. The predicted molar refractivity (Wildman–Crippen MR) is 83.4 cm³/mol. The first-order valence-corrected chi connectivity index (χ1v) is 7.31. The zero-order valence-corrected chi connectivity index (χ0v) is 12.5. The highest BCUT2D eigenvalue weighted by molar-refractivity contribution is 5.35. The summed E-state index contributed by atoms with van der Waals surface area (Å²) in [4.78, 5) is 10.9.